The van der Waals surface area contributed by atoms with Gasteiger partial charge in [-0.25, -0.2) is 9.97 Å². The SMILES string of the molecule is Cc1cnc(N[C@@H]2CCc3c(ccc(=O)n3CC3CC3)C2)nc1. The summed E-state index contributed by atoms with van der Waals surface area (Å²) in [6, 6.07) is 4.06. The number of nitrogens with one attached hydrogen (secondary N) is 1. The third-order valence-corrected chi connectivity index (χ3v) is 4.84. The lowest BCUT2D eigenvalue weighted by molar-refractivity contribution is 0.521. The van der Waals surface area contributed by atoms with Crippen LogP contribution in [0.1, 0.15) is 36.1 Å². The standard InChI is InChI=1S/C18H22N4O/c1-12-9-19-18(20-10-12)21-15-5-6-16-14(8-15)4-7-17(23)22(16)11-13-2-3-13/h4,7,9-10,13,15H,2-3,5-6,8,11H2,1H3,(H,19,20,21)/t15-/m1/s1. The molecule has 2 heterocycles. The quantitative estimate of drug-likeness (QED) is 0.941. The Kier molecular flexibility index (Phi) is 3.63. The maximum atomic E-state index is 12.2. The molecule has 1 saturated carbocycles. The average molecular weight is 310 g/mol. The third kappa shape index (κ3) is 3.14. The molecule has 0 unspecified atom stereocenters. The Hall–Kier alpha value is -2.17. The molecular formula is C18H22N4O. The van der Waals surface area contributed by atoms with Crippen LogP contribution in [0.25, 0.3) is 0 Å². The first-order valence-electron chi connectivity index (χ1n) is 8.46. The van der Waals surface area contributed by atoms with Crippen molar-refractivity contribution in [3.8, 4) is 0 Å². The lowest BCUT2D eigenvalue weighted by Gasteiger charge is -2.27. The molecule has 0 saturated heterocycles. The van der Waals surface area contributed by atoms with Crippen molar-refractivity contribution in [2.75, 3.05) is 5.32 Å². The zero-order valence-corrected chi connectivity index (χ0v) is 13.5. The summed E-state index contributed by atoms with van der Waals surface area (Å²) >= 11 is 0. The molecule has 5 heteroatoms. The molecule has 5 nitrogen and oxygen atoms in total. The van der Waals surface area contributed by atoms with Gasteiger partial charge in [0.05, 0.1) is 0 Å². The van der Waals surface area contributed by atoms with E-state index in [2.05, 4.69) is 15.3 Å². The second-order valence-electron chi connectivity index (χ2n) is 6.87. The van der Waals surface area contributed by atoms with E-state index < -0.39 is 0 Å². The summed E-state index contributed by atoms with van der Waals surface area (Å²) in [5.41, 5.74) is 3.76. The first kappa shape index (κ1) is 14.4. The zero-order chi connectivity index (χ0) is 15.8. The molecule has 2 aromatic heterocycles. The summed E-state index contributed by atoms with van der Waals surface area (Å²) in [5.74, 6) is 1.41. The van der Waals surface area contributed by atoms with E-state index in [1.807, 2.05) is 30.0 Å². The summed E-state index contributed by atoms with van der Waals surface area (Å²) in [6.45, 7) is 2.89. The number of rotatable bonds is 4. The molecule has 2 aliphatic carbocycles. The van der Waals surface area contributed by atoms with Crippen LogP contribution in [0.2, 0.25) is 0 Å². The van der Waals surface area contributed by atoms with Crippen LogP contribution in [0, 0.1) is 12.8 Å². The van der Waals surface area contributed by atoms with E-state index in [0.29, 0.717) is 12.0 Å². The molecule has 2 aliphatic rings. The number of fused-ring (bicyclic) bond motifs is 1. The van der Waals surface area contributed by atoms with Crippen LogP contribution < -0.4 is 10.9 Å². The molecule has 1 N–H and O–H groups in total. The van der Waals surface area contributed by atoms with Gasteiger partial charge in [0, 0.05) is 36.7 Å². The van der Waals surface area contributed by atoms with E-state index in [1.54, 1.807) is 6.07 Å². The average Bonchev–Trinajstić information content (AvgIpc) is 3.37. The van der Waals surface area contributed by atoms with Gasteiger partial charge in [0.2, 0.25) is 5.95 Å². The molecule has 0 spiro atoms. The fourth-order valence-electron chi connectivity index (χ4n) is 3.36. The minimum atomic E-state index is 0.156. The topological polar surface area (TPSA) is 59.8 Å². The highest BCUT2D eigenvalue weighted by Crippen LogP contribution is 2.31. The number of aromatic nitrogens is 3. The Labute approximate surface area is 135 Å². The first-order chi connectivity index (χ1) is 11.2. The van der Waals surface area contributed by atoms with Crippen molar-refractivity contribution in [2.24, 2.45) is 5.92 Å². The van der Waals surface area contributed by atoms with Crippen LogP contribution in [-0.4, -0.2) is 20.6 Å². The molecular weight excluding hydrogens is 288 g/mol. The van der Waals surface area contributed by atoms with E-state index in [9.17, 15) is 4.79 Å². The van der Waals surface area contributed by atoms with Crippen LogP contribution in [0.3, 0.4) is 0 Å². The van der Waals surface area contributed by atoms with Gasteiger partial charge in [0.1, 0.15) is 0 Å². The number of hydrogen-bond donors (Lipinski definition) is 1. The van der Waals surface area contributed by atoms with E-state index >= 15 is 0 Å². The Morgan fingerprint density at radius 2 is 2.00 bits per heavy atom. The summed E-state index contributed by atoms with van der Waals surface area (Å²) in [7, 11) is 0. The van der Waals surface area contributed by atoms with Crippen molar-refractivity contribution in [1.82, 2.24) is 14.5 Å². The zero-order valence-electron chi connectivity index (χ0n) is 13.5. The van der Waals surface area contributed by atoms with E-state index in [4.69, 9.17) is 0 Å². The number of pyridine rings is 1. The minimum absolute atomic E-state index is 0.156. The normalized spacial score (nSPS) is 20.1. The van der Waals surface area contributed by atoms with Crippen LogP contribution in [0.4, 0.5) is 5.95 Å². The van der Waals surface area contributed by atoms with Gasteiger partial charge in [-0.05, 0) is 56.1 Å². The van der Waals surface area contributed by atoms with Gasteiger partial charge < -0.3 is 9.88 Å². The second kappa shape index (κ2) is 5.80. The smallest absolute Gasteiger partial charge is 0.250 e. The largest absolute Gasteiger partial charge is 0.351 e. The minimum Gasteiger partial charge on any atom is -0.351 e. The van der Waals surface area contributed by atoms with Gasteiger partial charge in [0.15, 0.2) is 0 Å². The number of anilines is 1. The van der Waals surface area contributed by atoms with Gasteiger partial charge in [0.25, 0.3) is 5.56 Å². The van der Waals surface area contributed by atoms with Crippen molar-refractivity contribution in [1.29, 1.82) is 0 Å². The predicted octanol–water partition coefficient (Wildman–Crippen LogP) is 2.33. The van der Waals surface area contributed by atoms with Crippen molar-refractivity contribution in [3.05, 3.63) is 51.7 Å². The molecule has 120 valence electrons. The van der Waals surface area contributed by atoms with E-state index in [-0.39, 0.29) is 5.56 Å². The lowest BCUT2D eigenvalue weighted by Crippen LogP contribution is -2.33. The second-order valence-corrected chi connectivity index (χ2v) is 6.87. The Morgan fingerprint density at radius 1 is 1.22 bits per heavy atom. The Bertz CT molecular complexity index is 762. The fraction of sp³-hybridized carbons (Fsp3) is 0.500. The maximum absolute atomic E-state index is 12.2. The predicted molar refractivity (Wildman–Crippen MR) is 89.6 cm³/mol. The lowest BCUT2D eigenvalue weighted by atomic mass is 9.91. The molecule has 1 fully saturated rings. The first-order valence-corrected chi connectivity index (χ1v) is 8.46. The highest BCUT2D eigenvalue weighted by atomic mass is 16.1. The molecule has 4 rings (SSSR count). The Morgan fingerprint density at radius 3 is 2.74 bits per heavy atom. The van der Waals surface area contributed by atoms with Gasteiger partial charge >= 0.3 is 0 Å². The van der Waals surface area contributed by atoms with E-state index in [0.717, 1.165) is 37.3 Å². The van der Waals surface area contributed by atoms with Crippen LogP contribution >= 0.6 is 0 Å². The van der Waals surface area contributed by atoms with E-state index in [1.165, 1.54) is 24.1 Å². The Balaban J connectivity index is 1.52. The maximum Gasteiger partial charge on any atom is 0.250 e. The van der Waals surface area contributed by atoms with Crippen molar-refractivity contribution in [3.63, 3.8) is 0 Å². The molecule has 0 amide bonds. The molecule has 2 aromatic rings. The number of nitrogens with zero attached hydrogens (tertiary/aromatic N) is 3. The summed E-state index contributed by atoms with van der Waals surface area (Å²) in [4.78, 5) is 20.8. The highest BCUT2D eigenvalue weighted by Gasteiger charge is 2.26. The monoisotopic (exact) mass is 310 g/mol. The fourth-order valence-corrected chi connectivity index (χ4v) is 3.36. The highest BCUT2D eigenvalue weighted by molar-refractivity contribution is 5.32. The molecule has 1 atom stereocenters. The molecule has 0 aromatic carbocycles. The number of aryl methyl sites for hydroxylation is 1. The van der Waals surface area contributed by atoms with Crippen LogP contribution in [0.5, 0.6) is 0 Å². The van der Waals surface area contributed by atoms with Crippen molar-refractivity contribution >= 4 is 5.95 Å². The summed E-state index contributed by atoms with van der Waals surface area (Å²) in [5, 5.41) is 3.43. The van der Waals surface area contributed by atoms with Crippen LogP contribution in [0.15, 0.2) is 29.3 Å². The summed E-state index contributed by atoms with van der Waals surface area (Å²) in [6.07, 6.45) is 9.09. The van der Waals surface area contributed by atoms with Gasteiger partial charge in [-0.2, -0.15) is 0 Å². The molecule has 0 bridgehead atoms. The summed E-state index contributed by atoms with van der Waals surface area (Å²) < 4.78 is 2.02. The molecule has 0 aliphatic heterocycles. The third-order valence-electron chi connectivity index (χ3n) is 4.84. The van der Waals surface area contributed by atoms with Gasteiger partial charge in [-0.1, -0.05) is 6.07 Å². The molecule has 23 heavy (non-hydrogen) atoms. The number of hydrogen-bond acceptors (Lipinski definition) is 4. The van der Waals surface area contributed by atoms with Crippen molar-refractivity contribution in [2.45, 2.75) is 51.6 Å². The molecule has 0 radical (unpaired) electrons. The van der Waals surface area contributed by atoms with Crippen molar-refractivity contribution < 1.29 is 0 Å². The van der Waals surface area contributed by atoms with Gasteiger partial charge in [-0.3, -0.25) is 4.79 Å². The van der Waals surface area contributed by atoms with Gasteiger partial charge in [-0.15, -0.1) is 0 Å². The van der Waals surface area contributed by atoms with Crippen LogP contribution in [-0.2, 0) is 19.4 Å².